The fourth-order valence-electron chi connectivity index (χ4n) is 3.35. The standard InChI is InChI=1S/C23H31ClN4O3/c1-14(28(5)22(30)31-23(2,3)4)19(29)12-16-10-15(11-16)6-7-17-13-25-21(24)27-20(17)26-18-8-9-18/h13-16,18H,8-12H2,1-5H3,(H,25,26,27)/t14-,15?,16?/m0/s1. The van der Waals surface area contributed by atoms with Crippen molar-refractivity contribution in [2.45, 2.75) is 77.5 Å². The number of ketones is 1. The summed E-state index contributed by atoms with van der Waals surface area (Å²) in [4.78, 5) is 34.4. The van der Waals surface area contributed by atoms with Crippen molar-refractivity contribution < 1.29 is 14.3 Å². The van der Waals surface area contributed by atoms with Gasteiger partial charge >= 0.3 is 6.09 Å². The highest BCUT2D eigenvalue weighted by Crippen LogP contribution is 2.36. The van der Waals surface area contributed by atoms with Crippen LogP contribution in [0.25, 0.3) is 0 Å². The monoisotopic (exact) mass is 446 g/mol. The molecule has 0 radical (unpaired) electrons. The number of anilines is 1. The Bertz CT molecular complexity index is 892. The predicted octanol–water partition coefficient (Wildman–Crippen LogP) is 4.30. The number of rotatable bonds is 6. The van der Waals surface area contributed by atoms with Gasteiger partial charge in [0, 0.05) is 31.6 Å². The Balaban J connectivity index is 1.48. The van der Waals surface area contributed by atoms with Gasteiger partial charge in [-0.15, -0.1) is 0 Å². The molecular weight excluding hydrogens is 416 g/mol. The van der Waals surface area contributed by atoms with Crippen LogP contribution >= 0.6 is 11.6 Å². The quantitative estimate of drug-likeness (QED) is 0.518. The average molecular weight is 447 g/mol. The molecule has 2 saturated carbocycles. The van der Waals surface area contributed by atoms with E-state index in [0.717, 1.165) is 31.2 Å². The number of nitrogens with zero attached hydrogens (tertiary/aromatic N) is 3. The summed E-state index contributed by atoms with van der Waals surface area (Å²) >= 11 is 5.91. The van der Waals surface area contributed by atoms with Gasteiger partial charge in [0.1, 0.15) is 11.4 Å². The molecule has 8 heteroatoms. The minimum Gasteiger partial charge on any atom is -0.444 e. The van der Waals surface area contributed by atoms with Crippen LogP contribution in [0.3, 0.4) is 0 Å². The SMILES string of the molecule is C[C@@H](C(=O)CC1CC(C#Cc2cnc(Cl)nc2NC2CC2)C1)N(C)C(=O)OC(C)(C)C. The maximum atomic E-state index is 12.6. The van der Waals surface area contributed by atoms with Crippen molar-refractivity contribution in [3.8, 4) is 11.8 Å². The van der Waals surface area contributed by atoms with E-state index in [9.17, 15) is 9.59 Å². The van der Waals surface area contributed by atoms with E-state index in [0.29, 0.717) is 24.2 Å². The summed E-state index contributed by atoms with van der Waals surface area (Å²) in [5.74, 6) is 7.75. The maximum Gasteiger partial charge on any atom is 0.410 e. The van der Waals surface area contributed by atoms with E-state index in [-0.39, 0.29) is 17.0 Å². The Hall–Kier alpha value is -2.33. The number of hydrogen-bond acceptors (Lipinski definition) is 6. The van der Waals surface area contributed by atoms with Crippen LogP contribution in [0.1, 0.15) is 65.4 Å². The minimum absolute atomic E-state index is 0.0480. The van der Waals surface area contributed by atoms with Crippen LogP contribution in [-0.2, 0) is 9.53 Å². The summed E-state index contributed by atoms with van der Waals surface area (Å²) in [6.07, 6.45) is 5.64. The van der Waals surface area contributed by atoms with Gasteiger partial charge in [-0.3, -0.25) is 4.79 Å². The van der Waals surface area contributed by atoms with Crippen molar-refractivity contribution in [1.29, 1.82) is 0 Å². The first-order valence-electron chi connectivity index (χ1n) is 10.8. The molecule has 3 rings (SSSR count). The summed E-state index contributed by atoms with van der Waals surface area (Å²) < 4.78 is 5.34. The van der Waals surface area contributed by atoms with Crippen molar-refractivity contribution in [2.75, 3.05) is 12.4 Å². The second kappa shape index (κ2) is 9.44. The number of hydrogen-bond donors (Lipinski definition) is 1. The molecule has 0 unspecified atom stereocenters. The van der Waals surface area contributed by atoms with E-state index in [2.05, 4.69) is 27.1 Å². The Labute approximate surface area is 189 Å². The number of aromatic nitrogens is 2. The molecule has 1 aromatic rings. The molecule has 2 aliphatic rings. The van der Waals surface area contributed by atoms with Gasteiger partial charge in [-0.25, -0.2) is 9.78 Å². The highest BCUT2D eigenvalue weighted by Gasteiger charge is 2.33. The largest absolute Gasteiger partial charge is 0.444 e. The molecule has 0 spiro atoms. The van der Waals surface area contributed by atoms with Gasteiger partial charge in [0.25, 0.3) is 0 Å². The molecule has 0 saturated heterocycles. The predicted molar refractivity (Wildman–Crippen MR) is 120 cm³/mol. The van der Waals surface area contributed by atoms with Crippen LogP contribution in [0.15, 0.2) is 6.20 Å². The van der Waals surface area contributed by atoms with Gasteiger partial charge in [0.05, 0.1) is 11.6 Å². The minimum atomic E-state index is -0.586. The molecule has 168 valence electrons. The third kappa shape index (κ3) is 6.83. The summed E-state index contributed by atoms with van der Waals surface area (Å²) in [5, 5.41) is 3.55. The highest BCUT2D eigenvalue weighted by molar-refractivity contribution is 6.28. The van der Waals surface area contributed by atoms with Crippen molar-refractivity contribution >= 4 is 29.3 Å². The summed E-state index contributed by atoms with van der Waals surface area (Å²) in [7, 11) is 1.60. The molecule has 1 heterocycles. The third-order valence-corrected chi connectivity index (χ3v) is 5.72. The molecule has 31 heavy (non-hydrogen) atoms. The normalized spacial score (nSPS) is 21.2. The van der Waals surface area contributed by atoms with Gasteiger partial charge < -0.3 is 15.0 Å². The van der Waals surface area contributed by atoms with Crippen molar-refractivity contribution in [3.05, 3.63) is 17.0 Å². The third-order valence-electron chi connectivity index (χ3n) is 5.54. The number of carbonyl (C=O) groups is 2. The molecule has 1 aromatic heterocycles. The smallest absolute Gasteiger partial charge is 0.410 e. The number of nitrogens with one attached hydrogen (secondary N) is 1. The van der Waals surface area contributed by atoms with E-state index < -0.39 is 17.7 Å². The second-order valence-corrected chi connectivity index (χ2v) is 9.90. The molecule has 0 bridgehead atoms. The van der Waals surface area contributed by atoms with Crippen LogP contribution < -0.4 is 5.32 Å². The molecule has 0 aliphatic heterocycles. The average Bonchev–Trinajstić information content (AvgIpc) is 3.45. The molecule has 2 fully saturated rings. The number of Topliss-reactive ketones (excluding diaryl/α,β-unsaturated/α-hetero) is 1. The number of halogens is 1. The molecular formula is C23H31ClN4O3. The number of carbonyl (C=O) groups excluding carboxylic acids is 2. The van der Waals surface area contributed by atoms with Gasteiger partial charge in [0.2, 0.25) is 5.28 Å². The highest BCUT2D eigenvalue weighted by atomic mass is 35.5. The van der Waals surface area contributed by atoms with Crippen LogP contribution in [0.2, 0.25) is 5.28 Å². The van der Waals surface area contributed by atoms with Crippen molar-refractivity contribution in [3.63, 3.8) is 0 Å². The molecule has 1 amide bonds. The van der Waals surface area contributed by atoms with Crippen LogP contribution in [0.5, 0.6) is 0 Å². The van der Waals surface area contributed by atoms with E-state index in [1.54, 1.807) is 20.2 Å². The van der Waals surface area contributed by atoms with Gasteiger partial charge in [0.15, 0.2) is 5.78 Å². The second-order valence-electron chi connectivity index (χ2n) is 9.56. The van der Waals surface area contributed by atoms with Crippen molar-refractivity contribution in [1.82, 2.24) is 14.9 Å². The number of amides is 1. The summed E-state index contributed by atoms with van der Waals surface area (Å²) in [6.45, 7) is 7.17. The fraction of sp³-hybridized carbons (Fsp3) is 0.652. The van der Waals surface area contributed by atoms with Crippen LogP contribution in [0.4, 0.5) is 10.6 Å². The Kier molecular flexibility index (Phi) is 7.10. The van der Waals surface area contributed by atoms with Crippen LogP contribution in [-0.4, -0.2) is 51.5 Å². The van der Waals surface area contributed by atoms with Gasteiger partial charge in [-0.1, -0.05) is 11.8 Å². The maximum absolute atomic E-state index is 12.6. The molecule has 1 atom stereocenters. The van der Waals surface area contributed by atoms with Crippen LogP contribution in [0, 0.1) is 23.7 Å². The van der Waals surface area contributed by atoms with Gasteiger partial charge in [-0.2, -0.15) is 4.98 Å². The van der Waals surface area contributed by atoms with E-state index >= 15 is 0 Å². The first kappa shape index (κ1) is 23.3. The van der Waals surface area contributed by atoms with E-state index in [4.69, 9.17) is 16.3 Å². The molecule has 1 N–H and O–H groups in total. The lowest BCUT2D eigenvalue weighted by atomic mass is 9.72. The van der Waals surface area contributed by atoms with Gasteiger partial charge in [-0.05, 0) is 70.9 Å². The molecule has 0 aromatic carbocycles. The van der Waals surface area contributed by atoms with E-state index in [1.165, 1.54) is 4.90 Å². The Morgan fingerprint density at radius 1 is 1.35 bits per heavy atom. The first-order chi connectivity index (χ1) is 14.5. The first-order valence-corrected chi connectivity index (χ1v) is 11.2. The molecule has 2 aliphatic carbocycles. The van der Waals surface area contributed by atoms with E-state index in [1.807, 2.05) is 20.8 Å². The zero-order valence-electron chi connectivity index (χ0n) is 18.9. The lowest BCUT2D eigenvalue weighted by Crippen LogP contribution is -2.44. The lowest BCUT2D eigenvalue weighted by molar-refractivity contribution is -0.125. The number of likely N-dealkylation sites (N-methyl/N-ethyl adjacent to an activating group) is 1. The zero-order valence-corrected chi connectivity index (χ0v) is 19.6. The summed E-state index contributed by atoms with van der Waals surface area (Å²) in [6, 6.07) is -0.0614. The van der Waals surface area contributed by atoms with Crippen molar-refractivity contribution in [2.24, 2.45) is 11.8 Å². The Morgan fingerprint density at radius 3 is 2.65 bits per heavy atom. The zero-order chi connectivity index (χ0) is 22.8. The summed E-state index contributed by atoms with van der Waals surface area (Å²) in [5.41, 5.74) is 0.167. The Morgan fingerprint density at radius 2 is 2.03 bits per heavy atom. The number of ether oxygens (including phenoxy) is 1. The lowest BCUT2D eigenvalue weighted by Gasteiger charge is -2.33. The molecule has 7 nitrogen and oxygen atoms in total. The topological polar surface area (TPSA) is 84.4 Å². The fourth-order valence-corrected chi connectivity index (χ4v) is 3.48.